The zero-order valence-corrected chi connectivity index (χ0v) is 24.8. The minimum atomic E-state index is -7.40. The maximum atomic E-state index is 14.2. The van der Waals surface area contributed by atoms with Gasteiger partial charge in [-0.3, -0.25) is 0 Å². The smallest absolute Gasteiger partial charge is 0.378 e. The third-order valence-corrected chi connectivity index (χ3v) is 10.1. The lowest BCUT2D eigenvalue weighted by Gasteiger charge is -2.32. The van der Waals surface area contributed by atoms with E-state index in [1.807, 2.05) is 72.8 Å². The second-order valence-electron chi connectivity index (χ2n) is 11.3. The summed E-state index contributed by atoms with van der Waals surface area (Å²) < 4.78 is 149. The molecule has 1 spiro atoms. The molecule has 7 rings (SSSR count). The van der Waals surface area contributed by atoms with Crippen LogP contribution in [0.1, 0.15) is 22.3 Å². The number of fused-ring (bicyclic) bond motifs is 10. The van der Waals surface area contributed by atoms with Crippen molar-refractivity contribution in [3.8, 4) is 39.1 Å². The molecule has 246 valence electrons. The van der Waals surface area contributed by atoms with Gasteiger partial charge in [-0.2, -0.15) is 47.9 Å². The third kappa shape index (κ3) is 3.99. The summed E-state index contributed by atoms with van der Waals surface area (Å²) >= 11 is 0. The van der Waals surface area contributed by atoms with Gasteiger partial charge in [-0.15, -0.1) is 0 Å². The molecule has 0 aromatic heterocycles. The van der Waals surface area contributed by atoms with Crippen LogP contribution in [0.15, 0.2) is 115 Å². The van der Waals surface area contributed by atoms with E-state index in [0.717, 1.165) is 56.6 Å². The highest BCUT2D eigenvalue weighted by Crippen LogP contribution is 2.64. The molecule has 0 unspecified atom stereocenters. The van der Waals surface area contributed by atoms with E-state index >= 15 is 0 Å². The predicted octanol–water partition coefficient (Wildman–Crippen LogP) is 9.83. The van der Waals surface area contributed by atoms with Gasteiger partial charge < -0.3 is 4.18 Å². The normalized spacial score (nSPS) is 15.1. The molecule has 2 aliphatic carbocycles. The highest BCUT2D eigenvalue weighted by molar-refractivity contribution is 7.88. The summed E-state index contributed by atoms with van der Waals surface area (Å²) in [4.78, 5) is 0. The first-order valence-electron chi connectivity index (χ1n) is 14.2. The summed E-state index contributed by atoms with van der Waals surface area (Å²) in [6.45, 7) is 0. The molecule has 3 nitrogen and oxygen atoms in total. The van der Waals surface area contributed by atoms with Crippen molar-refractivity contribution in [2.45, 2.75) is 28.7 Å². The van der Waals surface area contributed by atoms with Gasteiger partial charge in [-0.1, -0.05) is 103 Å². The van der Waals surface area contributed by atoms with Gasteiger partial charge >= 0.3 is 33.4 Å². The maximum absolute atomic E-state index is 14.2. The number of hydrogen-bond acceptors (Lipinski definition) is 3. The summed E-state index contributed by atoms with van der Waals surface area (Å²) in [5, 5.41) is -6.97. The molecular formula is C35H19F9O3S. The van der Waals surface area contributed by atoms with E-state index in [4.69, 9.17) is 0 Å². The molecule has 5 aromatic carbocycles. The molecule has 0 N–H and O–H groups in total. The van der Waals surface area contributed by atoms with Crippen LogP contribution in [-0.2, 0) is 15.5 Å². The molecule has 13 heteroatoms. The van der Waals surface area contributed by atoms with Gasteiger partial charge in [0.25, 0.3) is 0 Å². The van der Waals surface area contributed by atoms with E-state index in [1.165, 1.54) is 12.1 Å². The predicted molar refractivity (Wildman–Crippen MR) is 159 cm³/mol. The molecule has 0 saturated heterocycles. The molecule has 5 aromatic rings. The molecule has 0 amide bonds. The van der Waals surface area contributed by atoms with Crippen LogP contribution in [0.3, 0.4) is 0 Å². The van der Waals surface area contributed by atoms with Crippen molar-refractivity contribution in [3.63, 3.8) is 0 Å². The Morgan fingerprint density at radius 2 is 0.917 bits per heavy atom. The largest absolute Gasteiger partial charge is 0.460 e. The fraction of sp³-hybridized carbons (Fsp3) is 0.143. The average molecular weight is 691 g/mol. The van der Waals surface area contributed by atoms with Gasteiger partial charge in [0.05, 0.1) is 5.41 Å². The molecule has 48 heavy (non-hydrogen) atoms. The van der Waals surface area contributed by atoms with Crippen molar-refractivity contribution in [1.82, 2.24) is 0 Å². The lowest BCUT2D eigenvalue weighted by Crippen LogP contribution is -2.63. The van der Waals surface area contributed by atoms with Crippen molar-refractivity contribution >= 4 is 10.1 Å². The van der Waals surface area contributed by atoms with Gasteiger partial charge in [0.1, 0.15) is 5.75 Å². The van der Waals surface area contributed by atoms with E-state index in [0.29, 0.717) is 11.1 Å². The maximum Gasteiger partial charge on any atom is 0.460 e. The topological polar surface area (TPSA) is 43.4 Å². The summed E-state index contributed by atoms with van der Waals surface area (Å²) in [5.74, 6) is -15.8. The standard InChI is InChI=1S/C35H19F9O3S/c36-32(37,34(40,41)42)33(38,39)35(43,44)48(45,46)47-21-18-16-20(17-19-21)22-11-7-15-29-30(22)25-10-3-6-14-28(25)31(29)26-12-4-1-8-23(26)24-9-2-5-13-27(24)31/h1-19H. The van der Waals surface area contributed by atoms with Crippen molar-refractivity contribution in [1.29, 1.82) is 0 Å². The van der Waals surface area contributed by atoms with E-state index in [9.17, 15) is 47.9 Å². The van der Waals surface area contributed by atoms with Crippen LogP contribution >= 0.6 is 0 Å². The summed E-state index contributed by atoms with van der Waals surface area (Å²) in [5.41, 5.74) is 8.14. The van der Waals surface area contributed by atoms with Crippen LogP contribution in [-0.4, -0.2) is 31.7 Å². The highest BCUT2D eigenvalue weighted by Gasteiger charge is 2.86. The molecule has 0 radical (unpaired) electrons. The fourth-order valence-corrected chi connectivity index (χ4v) is 7.68. The zero-order chi connectivity index (χ0) is 34.5. The number of hydrogen-bond donors (Lipinski definition) is 0. The van der Waals surface area contributed by atoms with Crippen molar-refractivity contribution < 1.29 is 52.1 Å². The van der Waals surface area contributed by atoms with Crippen molar-refractivity contribution in [3.05, 3.63) is 138 Å². The number of benzene rings is 5. The Morgan fingerprint density at radius 1 is 0.479 bits per heavy atom. The molecule has 0 saturated carbocycles. The molecule has 0 heterocycles. The molecular weight excluding hydrogens is 671 g/mol. The minimum absolute atomic E-state index is 0.406. The monoisotopic (exact) mass is 690 g/mol. The van der Waals surface area contributed by atoms with Crippen LogP contribution in [0.2, 0.25) is 0 Å². The lowest BCUT2D eigenvalue weighted by molar-refractivity contribution is -0.382. The Kier molecular flexibility index (Phi) is 6.70. The van der Waals surface area contributed by atoms with Crippen LogP contribution < -0.4 is 4.18 Å². The van der Waals surface area contributed by atoms with Gasteiger partial charge in [-0.05, 0) is 67.8 Å². The van der Waals surface area contributed by atoms with E-state index in [-0.39, 0.29) is 0 Å². The first kappa shape index (κ1) is 31.8. The summed E-state index contributed by atoms with van der Waals surface area (Å²) in [6.07, 6.45) is -7.19. The first-order chi connectivity index (χ1) is 22.5. The van der Waals surface area contributed by atoms with Crippen LogP contribution in [0.4, 0.5) is 39.5 Å². The first-order valence-corrected chi connectivity index (χ1v) is 15.6. The Morgan fingerprint density at radius 3 is 1.44 bits per heavy atom. The second kappa shape index (κ2) is 10.1. The molecule has 0 bridgehead atoms. The van der Waals surface area contributed by atoms with Gasteiger partial charge in [0, 0.05) is 0 Å². The van der Waals surface area contributed by atoms with Crippen molar-refractivity contribution in [2.75, 3.05) is 0 Å². The molecule has 0 aliphatic heterocycles. The van der Waals surface area contributed by atoms with Crippen LogP contribution in [0.25, 0.3) is 33.4 Å². The number of halogens is 9. The Bertz CT molecular complexity index is 2160. The Balaban J connectivity index is 1.31. The average Bonchev–Trinajstić information content (AvgIpc) is 3.52. The van der Waals surface area contributed by atoms with E-state index < -0.39 is 44.6 Å². The summed E-state index contributed by atoms with van der Waals surface area (Å²) in [6, 6.07) is 33.4. The zero-order valence-electron chi connectivity index (χ0n) is 24.0. The van der Waals surface area contributed by atoms with Gasteiger partial charge in [0.2, 0.25) is 0 Å². The lowest BCUT2D eigenvalue weighted by atomic mass is 9.70. The second-order valence-corrected chi connectivity index (χ2v) is 12.9. The fourth-order valence-electron chi connectivity index (χ4n) is 6.77. The number of alkyl halides is 9. The van der Waals surface area contributed by atoms with Crippen LogP contribution in [0, 0.1) is 0 Å². The molecule has 0 atom stereocenters. The van der Waals surface area contributed by atoms with Crippen LogP contribution in [0.5, 0.6) is 5.75 Å². The van der Waals surface area contributed by atoms with Gasteiger partial charge in [-0.25, -0.2) is 0 Å². The number of rotatable bonds is 6. The Hall–Kier alpha value is -4.78. The minimum Gasteiger partial charge on any atom is -0.378 e. The quantitative estimate of drug-likeness (QED) is 0.129. The highest BCUT2D eigenvalue weighted by atomic mass is 32.2. The molecule has 2 aliphatic rings. The third-order valence-electron chi connectivity index (χ3n) is 8.82. The SMILES string of the molecule is O=S(=O)(Oc1ccc(-c2cccc3c2-c2ccccc2C32c3ccccc3-c3ccccc32)cc1)C(F)(F)C(F)(F)C(F)(F)C(F)(F)F. The van der Waals surface area contributed by atoms with E-state index in [1.54, 1.807) is 6.07 Å². The van der Waals surface area contributed by atoms with E-state index in [2.05, 4.69) is 16.3 Å². The van der Waals surface area contributed by atoms with Gasteiger partial charge in [0.15, 0.2) is 0 Å². The molecule has 0 fully saturated rings. The summed E-state index contributed by atoms with van der Waals surface area (Å²) in [7, 11) is -7.08. The van der Waals surface area contributed by atoms with Crippen molar-refractivity contribution in [2.24, 2.45) is 0 Å². The Labute approximate surface area is 267 Å².